The van der Waals surface area contributed by atoms with Crippen molar-refractivity contribution in [2.75, 3.05) is 12.3 Å². The summed E-state index contributed by atoms with van der Waals surface area (Å²) in [4.78, 5) is 45.5. The molecule has 0 saturated heterocycles. The number of aromatic nitrogens is 2. The maximum Gasteiger partial charge on any atom is 0.262 e. The fourth-order valence-corrected chi connectivity index (χ4v) is 5.28. The third kappa shape index (κ3) is 3.06. The van der Waals surface area contributed by atoms with Crippen molar-refractivity contribution < 1.29 is 9.59 Å². The molecule has 0 N–H and O–H groups in total. The van der Waals surface area contributed by atoms with Gasteiger partial charge >= 0.3 is 0 Å². The fraction of sp³-hybridized carbons (Fsp3) is 0.300. The molecule has 0 aliphatic carbocycles. The van der Waals surface area contributed by atoms with Gasteiger partial charge in [-0.3, -0.25) is 23.9 Å². The van der Waals surface area contributed by atoms with E-state index in [0.29, 0.717) is 34.0 Å². The van der Waals surface area contributed by atoms with E-state index in [1.807, 2.05) is 13.0 Å². The van der Waals surface area contributed by atoms with Gasteiger partial charge in [0.2, 0.25) is 0 Å². The molecule has 0 unspecified atom stereocenters. The Morgan fingerprint density at radius 3 is 2.36 bits per heavy atom. The maximum absolute atomic E-state index is 12.8. The molecule has 8 heteroatoms. The largest absolute Gasteiger partial charge is 0.287 e. The van der Waals surface area contributed by atoms with Crippen LogP contribution in [0.15, 0.2) is 40.3 Å². The number of benzene rings is 1. The molecule has 2 aromatic heterocycles. The summed E-state index contributed by atoms with van der Waals surface area (Å²) in [5.74, 6) is -0.0400. The van der Waals surface area contributed by atoms with Crippen LogP contribution in [0.3, 0.4) is 0 Å². The molecule has 1 aliphatic rings. The summed E-state index contributed by atoms with van der Waals surface area (Å²) in [6.07, 6.45) is 0.870. The van der Waals surface area contributed by atoms with Crippen LogP contribution in [0, 0.1) is 0 Å². The Morgan fingerprint density at radius 1 is 1.07 bits per heavy atom. The molecule has 0 atom stereocenters. The highest BCUT2D eigenvalue weighted by Crippen LogP contribution is 2.26. The Bertz CT molecular complexity index is 1110. The van der Waals surface area contributed by atoms with E-state index in [4.69, 9.17) is 0 Å². The van der Waals surface area contributed by atoms with Gasteiger partial charge in [0.1, 0.15) is 4.83 Å². The van der Waals surface area contributed by atoms with Crippen molar-refractivity contribution >= 4 is 45.1 Å². The molecular formula is C20H19N3O3S2. The van der Waals surface area contributed by atoms with Crippen molar-refractivity contribution in [3.8, 4) is 0 Å². The molecule has 0 spiro atoms. The number of hydrogen-bond acceptors (Lipinski definition) is 6. The number of rotatable bonds is 6. The van der Waals surface area contributed by atoms with Gasteiger partial charge in [0.15, 0.2) is 5.16 Å². The van der Waals surface area contributed by atoms with Gasteiger partial charge < -0.3 is 0 Å². The van der Waals surface area contributed by atoms with Gasteiger partial charge in [-0.25, -0.2) is 4.98 Å². The Morgan fingerprint density at radius 2 is 1.75 bits per heavy atom. The highest BCUT2D eigenvalue weighted by atomic mass is 32.2. The summed E-state index contributed by atoms with van der Waals surface area (Å²) in [6.45, 7) is 4.77. The first-order valence-corrected chi connectivity index (χ1v) is 11.0. The first-order valence-electron chi connectivity index (χ1n) is 9.16. The van der Waals surface area contributed by atoms with Crippen LogP contribution in [0.1, 0.15) is 39.4 Å². The molecule has 3 heterocycles. The lowest BCUT2D eigenvalue weighted by Gasteiger charge is -2.14. The summed E-state index contributed by atoms with van der Waals surface area (Å²) >= 11 is 2.94. The van der Waals surface area contributed by atoms with E-state index in [1.165, 1.54) is 28.0 Å². The van der Waals surface area contributed by atoms with Crippen LogP contribution >= 0.6 is 23.1 Å². The van der Waals surface area contributed by atoms with Gasteiger partial charge in [0.25, 0.3) is 17.4 Å². The molecule has 144 valence electrons. The quantitative estimate of drug-likeness (QED) is 0.352. The molecule has 0 fully saturated rings. The van der Waals surface area contributed by atoms with E-state index in [9.17, 15) is 14.4 Å². The minimum Gasteiger partial charge on any atom is -0.287 e. The van der Waals surface area contributed by atoms with Crippen LogP contribution in [0.2, 0.25) is 0 Å². The number of hydrogen-bond donors (Lipinski definition) is 0. The number of carbonyl (C=O) groups excluding carboxylic acids is 2. The highest BCUT2D eigenvalue weighted by molar-refractivity contribution is 7.99. The second-order valence-corrected chi connectivity index (χ2v) is 8.56. The SMILES string of the molecule is CCc1cc2c(=O)n(CC)c(SCCN3C(=O)c4ccccc4C3=O)nc2s1. The van der Waals surface area contributed by atoms with Crippen molar-refractivity contribution in [3.05, 3.63) is 56.7 Å². The maximum atomic E-state index is 12.8. The summed E-state index contributed by atoms with van der Waals surface area (Å²) in [6, 6.07) is 8.79. The van der Waals surface area contributed by atoms with Gasteiger partial charge in [-0.05, 0) is 31.5 Å². The zero-order valence-corrected chi connectivity index (χ0v) is 17.2. The second-order valence-electron chi connectivity index (χ2n) is 6.38. The average Bonchev–Trinajstić information content (AvgIpc) is 3.23. The fourth-order valence-electron chi connectivity index (χ4n) is 3.28. The highest BCUT2D eigenvalue weighted by Gasteiger charge is 2.34. The second kappa shape index (κ2) is 7.52. The number of aryl methyl sites for hydroxylation is 1. The number of thioether (sulfide) groups is 1. The van der Waals surface area contributed by atoms with Crippen molar-refractivity contribution in [1.82, 2.24) is 14.5 Å². The number of imide groups is 1. The lowest BCUT2D eigenvalue weighted by Crippen LogP contribution is -2.32. The Kier molecular flexibility index (Phi) is 5.07. The Balaban J connectivity index is 1.54. The molecule has 1 aliphatic heterocycles. The van der Waals surface area contributed by atoms with Crippen LogP contribution in [0.4, 0.5) is 0 Å². The molecule has 0 saturated carbocycles. The van der Waals surface area contributed by atoms with Gasteiger partial charge in [-0.15, -0.1) is 11.3 Å². The zero-order chi connectivity index (χ0) is 19.8. The number of fused-ring (bicyclic) bond motifs is 2. The number of amides is 2. The molecule has 2 amide bonds. The lowest BCUT2D eigenvalue weighted by molar-refractivity contribution is 0.0664. The van der Waals surface area contributed by atoms with Crippen molar-refractivity contribution in [1.29, 1.82) is 0 Å². The van der Waals surface area contributed by atoms with Crippen LogP contribution in [0.25, 0.3) is 10.2 Å². The summed E-state index contributed by atoms with van der Waals surface area (Å²) < 4.78 is 1.65. The normalized spacial score (nSPS) is 13.6. The van der Waals surface area contributed by atoms with Crippen LogP contribution in [0.5, 0.6) is 0 Å². The van der Waals surface area contributed by atoms with Gasteiger partial charge in [-0.2, -0.15) is 0 Å². The van der Waals surface area contributed by atoms with Crippen LogP contribution in [-0.4, -0.2) is 38.6 Å². The molecule has 3 aromatic rings. The van der Waals surface area contributed by atoms with E-state index in [-0.39, 0.29) is 23.9 Å². The molecule has 4 rings (SSSR count). The summed E-state index contributed by atoms with van der Waals surface area (Å²) in [7, 11) is 0. The van der Waals surface area contributed by atoms with Gasteiger partial charge in [0.05, 0.1) is 16.5 Å². The number of carbonyl (C=O) groups is 2. The Hall–Kier alpha value is -2.45. The molecule has 6 nitrogen and oxygen atoms in total. The smallest absolute Gasteiger partial charge is 0.262 e. The predicted molar refractivity (Wildman–Crippen MR) is 111 cm³/mol. The van der Waals surface area contributed by atoms with E-state index in [1.54, 1.807) is 28.8 Å². The van der Waals surface area contributed by atoms with Gasteiger partial charge in [0, 0.05) is 23.7 Å². The minimum absolute atomic E-state index is 0.0355. The van der Waals surface area contributed by atoms with Gasteiger partial charge in [-0.1, -0.05) is 30.8 Å². The van der Waals surface area contributed by atoms with Crippen LogP contribution < -0.4 is 5.56 Å². The zero-order valence-electron chi connectivity index (χ0n) is 15.6. The first-order chi connectivity index (χ1) is 13.5. The molecule has 1 aromatic carbocycles. The van der Waals surface area contributed by atoms with Crippen molar-refractivity contribution in [3.63, 3.8) is 0 Å². The Labute approximate surface area is 170 Å². The molecule has 0 radical (unpaired) electrons. The van der Waals surface area contributed by atoms with E-state index < -0.39 is 0 Å². The van der Waals surface area contributed by atoms with Crippen molar-refractivity contribution in [2.45, 2.75) is 32.0 Å². The summed E-state index contributed by atoms with van der Waals surface area (Å²) in [5, 5.41) is 1.29. The molecular weight excluding hydrogens is 394 g/mol. The minimum atomic E-state index is -0.261. The van der Waals surface area contributed by atoms with E-state index in [2.05, 4.69) is 11.9 Å². The van der Waals surface area contributed by atoms with Crippen LogP contribution in [-0.2, 0) is 13.0 Å². The lowest BCUT2D eigenvalue weighted by atomic mass is 10.1. The third-order valence-electron chi connectivity index (χ3n) is 4.76. The molecule has 0 bridgehead atoms. The van der Waals surface area contributed by atoms with E-state index in [0.717, 1.165) is 16.1 Å². The predicted octanol–water partition coefficient (Wildman–Crippen LogP) is 3.43. The first kappa shape index (κ1) is 18.9. The number of thiophene rings is 1. The summed E-state index contributed by atoms with van der Waals surface area (Å²) in [5.41, 5.74) is 0.869. The average molecular weight is 414 g/mol. The van der Waals surface area contributed by atoms with Crippen molar-refractivity contribution in [2.24, 2.45) is 0 Å². The number of nitrogens with zero attached hydrogens (tertiary/aromatic N) is 3. The molecule has 28 heavy (non-hydrogen) atoms. The monoisotopic (exact) mass is 413 g/mol. The van der Waals surface area contributed by atoms with E-state index >= 15 is 0 Å². The third-order valence-corrected chi connectivity index (χ3v) is 6.89. The standard InChI is InChI=1S/C20H19N3O3S2/c1-3-12-11-15-16(28-12)21-20(22(4-2)19(15)26)27-10-9-23-17(24)13-7-5-6-8-14(13)18(23)25/h5-8,11H,3-4,9-10H2,1-2H3. The topological polar surface area (TPSA) is 72.3 Å².